The molecule has 0 fully saturated rings. The van der Waals surface area contributed by atoms with E-state index in [1.165, 1.54) is 7.11 Å². The van der Waals surface area contributed by atoms with E-state index >= 15 is 0 Å². The molecule has 0 aromatic carbocycles. The first-order valence-corrected chi connectivity index (χ1v) is 4.42. The lowest BCUT2D eigenvalue weighted by atomic mass is 10.1. The van der Waals surface area contributed by atoms with Crippen molar-refractivity contribution in [2.24, 2.45) is 5.73 Å². The van der Waals surface area contributed by atoms with Gasteiger partial charge < -0.3 is 10.5 Å². The summed E-state index contributed by atoms with van der Waals surface area (Å²) in [5, 5.41) is 0.359. The third-order valence-electron chi connectivity index (χ3n) is 1.83. The third kappa shape index (κ3) is 2.02. The number of rotatable bonds is 2. The molecule has 0 aliphatic carbocycles. The van der Waals surface area contributed by atoms with Crippen molar-refractivity contribution in [3.05, 3.63) is 28.0 Å². The number of aryl methyl sites for hydroxylation is 1. The van der Waals surface area contributed by atoms with Crippen LogP contribution in [0.2, 0.25) is 5.15 Å². The van der Waals surface area contributed by atoms with Gasteiger partial charge in [-0.05, 0) is 18.6 Å². The Morgan fingerprint density at radius 1 is 1.71 bits per heavy atom. The second kappa shape index (κ2) is 4.39. The number of methoxy groups -OCH3 is 1. The molecular weight excluding hydrogens is 204 g/mol. The molecule has 0 aliphatic heterocycles. The number of hydrogen-bond donors (Lipinski definition) is 1. The molecule has 0 saturated heterocycles. The van der Waals surface area contributed by atoms with Crippen LogP contribution >= 0.6 is 11.6 Å². The van der Waals surface area contributed by atoms with Crippen molar-refractivity contribution in [2.45, 2.75) is 13.5 Å². The zero-order valence-corrected chi connectivity index (χ0v) is 8.76. The lowest BCUT2D eigenvalue weighted by molar-refractivity contribution is 0.0599. The van der Waals surface area contributed by atoms with Crippen molar-refractivity contribution in [2.75, 3.05) is 7.11 Å². The van der Waals surface area contributed by atoms with E-state index in [1.54, 1.807) is 13.0 Å². The van der Waals surface area contributed by atoms with E-state index < -0.39 is 5.97 Å². The fourth-order valence-electron chi connectivity index (χ4n) is 1.07. The van der Waals surface area contributed by atoms with Gasteiger partial charge >= 0.3 is 5.97 Å². The van der Waals surface area contributed by atoms with E-state index in [4.69, 9.17) is 17.3 Å². The summed E-state index contributed by atoms with van der Waals surface area (Å²) in [7, 11) is 1.31. The Morgan fingerprint density at radius 3 is 2.86 bits per heavy atom. The minimum absolute atomic E-state index is 0.157. The van der Waals surface area contributed by atoms with Crippen LogP contribution in [0.15, 0.2) is 6.07 Å². The number of nitrogens with two attached hydrogens (primary N) is 1. The van der Waals surface area contributed by atoms with Gasteiger partial charge in [-0.25, -0.2) is 9.78 Å². The predicted octanol–water partition coefficient (Wildman–Crippen LogP) is 1.29. The van der Waals surface area contributed by atoms with Crippen LogP contribution in [0, 0.1) is 6.92 Å². The van der Waals surface area contributed by atoms with Gasteiger partial charge in [-0.1, -0.05) is 11.6 Å². The highest BCUT2D eigenvalue weighted by Gasteiger charge is 2.14. The minimum atomic E-state index is -0.447. The second-order valence-corrected chi connectivity index (χ2v) is 3.14. The average Bonchev–Trinajstić information content (AvgIpc) is 2.20. The van der Waals surface area contributed by atoms with Gasteiger partial charge in [0.25, 0.3) is 0 Å². The molecule has 1 rings (SSSR count). The number of aromatic nitrogens is 1. The summed E-state index contributed by atoms with van der Waals surface area (Å²) < 4.78 is 4.60. The minimum Gasteiger partial charge on any atom is -0.465 e. The normalized spacial score (nSPS) is 10.0. The van der Waals surface area contributed by atoms with Gasteiger partial charge in [0.15, 0.2) is 0 Å². The molecule has 2 N–H and O–H groups in total. The molecule has 4 nitrogen and oxygen atoms in total. The van der Waals surface area contributed by atoms with E-state index in [0.29, 0.717) is 16.4 Å². The predicted molar refractivity (Wildman–Crippen MR) is 53.2 cm³/mol. The molecule has 0 amide bonds. The van der Waals surface area contributed by atoms with Crippen LogP contribution in [0.5, 0.6) is 0 Å². The number of nitrogens with zero attached hydrogens (tertiary/aromatic N) is 1. The summed E-state index contributed by atoms with van der Waals surface area (Å²) in [6, 6.07) is 1.63. The van der Waals surface area contributed by atoms with Gasteiger partial charge in [0.1, 0.15) is 5.15 Å². The Kier molecular flexibility index (Phi) is 3.43. The van der Waals surface area contributed by atoms with E-state index in [-0.39, 0.29) is 6.54 Å². The lowest BCUT2D eigenvalue weighted by Gasteiger charge is -2.07. The van der Waals surface area contributed by atoms with Crippen molar-refractivity contribution in [3.63, 3.8) is 0 Å². The van der Waals surface area contributed by atoms with Crippen LogP contribution in [0.25, 0.3) is 0 Å². The summed E-state index contributed by atoms with van der Waals surface area (Å²) in [6.07, 6.45) is 0. The van der Waals surface area contributed by atoms with E-state index in [1.807, 2.05) is 0 Å². The van der Waals surface area contributed by atoms with E-state index in [0.717, 1.165) is 5.56 Å². The van der Waals surface area contributed by atoms with Gasteiger partial charge in [-0.15, -0.1) is 0 Å². The Morgan fingerprint density at radius 2 is 2.36 bits per heavy atom. The highest BCUT2D eigenvalue weighted by atomic mass is 35.5. The quantitative estimate of drug-likeness (QED) is 0.595. The third-order valence-corrected chi connectivity index (χ3v) is 2.21. The van der Waals surface area contributed by atoms with Crippen molar-refractivity contribution < 1.29 is 9.53 Å². The van der Waals surface area contributed by atoms with Crippen molar-refractivity contribution in [1.82, 2.24) is 4.98 Å². The summed E-state index contributed by atoms with van der Waals surface area (Å²) >= 11 is 5.79. The second-order valence-electron chi connectivity index (χ2n) is 2.79. The molecule has 1 heterocycles. The smallest absolute Gasteiger partial charge is 0.339 e. The fraction of sp³-hybridized carbons (Fsp3) is 0.333. The topological polar surface area (TPSA) is 65.2 Å². The molecule has 0 saturated carbocycles. The maximum absolute atomic E-state index is 11.3. The fourth-order valence-corrected chi connectivity index (χ4v) is 1.23. The summed E-state index contributed by atoms with van der Waals surface area (Å²) in [4.78, 5) is 15.3. The SMILES string of the molecule is COC(=O)c1cc(C)c(Cl)nc1CN. The van der Waals surface area contributed by atoms with Gasteiger partial charge in [-0.2, -0.15) is 0 Å². The van der Waals surface area contributed by atoms with Crippen LogP contribution < -0.4 is 5.73 Å². The molecule has 1 aromatic rings. The van der Waals surface area contributed by atoms with Crippen molar-refractivity contribution >= 4 is 17.6 Å². The van der Waals surface area contributed by atoms with E-state index in [2.05, 4.69) is 9.72 Å². The van der Waals surface area contributed by atoms with Gasteiger partial charge in [0.05, 0.1) is 18.4 Å². The standard InChI is InChI=1S/C9H11ClN2O2/c1-5-3-6(9(13)14-2)7(4-11)12-8(5)10/h3H,4,11H2,1-2H3. The zero-order valence-electron chi connectivity index (χ0n) is 8.00. The molecule has 76 valence electrons. The largest absolute Gasteiger partial charge is 0.465 e. The molecule has 14 heavy (non-hydrogen) atoms. The van der Waals surface area contributed by atoms with Crippen molar-refractivity contribution in [1.29, 1.82) is 0 Å². The molecule has 1 aromatic heterocycles. The monoisotopic (exact) mass is 214 g/mol. The number of pyridine rings is 1. The van der Waals surface area contributed by atoms with Crippen LogP contribution in [0.3, 0.4) is 0 Å². The Labute approximate surface area is 87.0 Å². The number of carbonyl (C=O) groups is 1. The number of carbonyl (C=O) groups excluding carboxylic acids is 1. The molecule has 5 heteroatoms. The van der Waals surface area contributed by atoms with Crippen molar-refractivity contribution in [3.8, 4) is 0 Å². The van der Waals surface area contributed by atoms with E-state index in [9.17, 15) is 4.79 Å². The molecule has 0 bridgehead atoms. The van der Waals surface area contributed by atoms with Crippen LogP contribution in [0.1, 0.15) is 21.6 Å². The van der Waals surface area contributed by atoms with Crippen LogP contribution in [-0.4, -0.2) is 18.1 Å². The maximum atomic E-state index is 11.3. The molecule has 0 unspecified atom stereocenters. The molecular formula is C9H11ClN2O2. The summed E-state index contributed by atoms with van der Waals surface area (Å²) in [5.41, 5.74) is 6.98. The number of hydrogen-bond acceptors (Lipinski definition) is 4. The van der Waals surface area contributed by atoms with Gasteiger partial charge in [0.2, 0.25) is 0 Å². The number of esters is 1. The number of ether oxygens (including phenoxy) is 1. The Bertz CT molecular complexity index is 366. The molecule has 0 spiro atoms. The lowest BCUT2D eigenvalue weighted by Crippen LogP contribution is -2.11. The summed E-state index contributed by atoms with van der Waals surface area (Å²) in [5.74, 6) is -0.447. The zero-order chi connectivity index (χ0) is 10.7. The molecule has 0 aliphatic rings. The Balaban J connectivity index is 3.27. The highest BCUT2D eigenvalue weighted by molar-refractivity contribution is 6.30. The first kappa shape index (κ1) is 10.9. The average molecular weight is 215 g/mol. The highest BCUT2D eigenvalue weighted by Crippen LogP contribution is 2.17. The van der Waals surface area contributed by atoms with Crippen LogP contribution in [-0.2, 0) is 11.3 Å². The maximum Gasteiger partial charge on any atom is 0.339 e. The summed E-state index contributed by atoms with van der Waals surface area (Å²) in [6.45, 7) is 1.92. The first-order valence-electron chi connectivity index (χ1n) is 4.04. The van der Waals surface area contributed by atoms with Gasteiger partial charge in [0, 0.05) is 6.54 Å². The van der Waals surface area contributed by atoms with Crippen LogP contribution in [0.4, 0.5) is 0 Å². The first-order chi connectivity index (χ1) is 6.60. The Hall–Kier alpha value is -1.13. The molecule has 0 radical (unpaired) electrons. The number of halogens is 1. The van der Waals surface area contributed by atoms with Gasteiger partial charge in [-0.3, -0.25) is 0 Å². The molecule has 0 atom stereocenters.